The molecule has 1 aromatic rings. The minimum atomic E-state index is -0.0952. The molecule has 0 aliphatic rings. The van der Waals surface area contributed by atoms with Gasteiger partial charge in [0, 0.05) is 33.0 Å². The van der Waals surface area contributed by atoms with Gasteiger partial charge in [0.15, 0.2) is 0 Å². The zero-order valence-corrected chi connectivity index (χ0v) is 10.9. The van der Waals surface area contributed by atoms with Gasteiger partial charge < -0.3 is 20.1 Å². The maximum Gasteiger partial charge on any atom is 0.256 e. The van der Waals surface area contributed by atoms with Crippen molar-refractivity contribution in [2.75, 3.05) is 46.3 Å². The molecule has 1 rings (SSSR count). The van der Waals surface area contributed by atoms with Crippen molar-refractivity contribution in [3.63, 3.8) is 0 Å². The molecule has 0 atom stereocenters. The Kier molecular flexibility index (Phi) is 6.18. The van der Waals surface area contributed by atoms with Gasteiger partial charge in [-0.25, -0.2) is 0 Å². The smallest absolute Gasteiger partial charge is 0.256 e. The van der Waals surface area contributed by atoms with E-state index in [-0.39, 0.29) is 5.91 Å². The number of carbonyl (C=O) groups excluding carboxylic acids is 1. The highest BCUT2D eigenvalue weighted by Crippen LogP contribution is 2.13. The molecule has 0 heterocycles. The number of ether oxygens (including phenoxy) is 2. The summed E-state index contributed by atoms with van der Waals surface area (Å²) in [6.07, 6.45) is 0. The van der Waals surface area contributed by atoms with Gasteiger partial charge >= 0.3 is 0 Å². The Morgan fingerprint density at radius 3 is 2.22 bits per heavy atom. The first-order valence-corrected chi connectivity index (χ1v) is 5.82. The van der Waals surface area contributed by atoms with Gasteiger partial charge in [0.1, 0.15) is 0 Å². The van der Waals surface area contributed by atoms with Gasteiger partial charge in [-0.05, 0) is 12.1 Å². The number of methoxy groups -OCH3 is 2. The Balaban J connectivity index is 2.77. The fourth-order valence-corrected chi connectivity index (χ4v) is 1.58. The maximum absolute atomic E-state index is 12.3. The molecule has 0 saturated heterocycles. The highest BCUT2D eigenvalue weighted by Gasteiger charge is 2.17. The van der Waals surface area contributed by atoms with E-state index in [2.05, 4.69) is 0 Å². The molecule has 0 aliphatic heterocycles. The van der Waals surface area contributed by atoms with Gasteiger partial charge in [-0.1, -0.05) is 12.1 Å². The largest absolute Gasteiger partial charge is 0.398 e. The van der Waals surface area contributed by atoms with Gasteiger partial charge in [-0.15, -0.1) is 0 Å². The minimum absolute atomic E-state index is 0.0952. The van der Waals surface area contributed by atoms with Crippen LogP contribution >= 0.6 is 0 Å². The number of nitrogens with two attached hydrogens (primary N) is 1. The molecule has 0 fully saturated rings. The van der Waals surface area contributed by atoms with Crippen LogP contribution in [0.2, 0.25) is 0 Å². The molecule has 0 aliphatic carbocycles. The van der Waals surface area contributed by atoms with Gasteiger partial charge in [0.25, 0.3) is 5.91 Å². The predicted molar refractivity (Wildman–Crippen MR) is 70.5 cm³/mol. The van der Waals surface area contributed by atoms with E-state index in [1.54, 1.807) is 43.4 Å². The highest BCUT2D eigenvalue weighted by molar-refractivity contribution is 5.99. The molecule has 0 radical (unpaired) electrons. The van der Waals surface area contributed by atoms with Crippen molar-refractivity contribution >= 4 is 11.6 Å². The number of hydrogen-bond donors (Lipinski definition) is 1. The summed E-state index contributed by atoms with van der Waals surface area (Å²) >= 11 is 0. The van der Waals surface area contributed by atoms with Crippen LogP contribution in [0.5, 0.6) is 0 Å². The topological polar surface area (TPSA) is 64.8 Å². The molecule has 5 nitrogen and oxygen atoms in total. The van der Waals surface area contributed by atoms with Crippen LogP contribution < -0.4 is 5.73 Å². The van der Waals surface area contributed by atoms with Crippen molar-refractivity contribution in [2.45, 2.75) is 0 Å². The fraction of sp³-hybridized carbons (Fsp3) is 0.462. The van der Waals surface area contributed by atoms with E-state index in [9.17, 15) is 4.79 Å². The van der Waals surface area contributed by atoms with Crippen molar-refractivity contribution in [3.05, 3.63) is 29.8 Å². The molecule has 5 heteroatoms. The molecule has 0 aromatic heterocycles. The number of amides is 1. The summed E-state index contributed by atoms with van der Waals surface area (Å²) in [5.41, 5.74) is 6.81. The number of benzene rings is 1. The minimum Gasteiger partial charge on any atom is -0.398 e. The van der Waals surface area contributed by atoms with Crippen molar-refractivity contribution in [2.24, 2.45) is 0 Å². The van der Waals surface area contributed by atoms with Crippen molar-refractivity contribution in [3.8, 4) is 0 Å². The number of anilines is 1. The Labute approximate surface area is 107 Å². The van der Waals surface area contributed by atoms with Crippen LogP contribution in [0.1, 0.15) is 10.4 Å². The summed E-state index contributed by atoms with van der Waals surface area (Å²) in [5.74, 6) is -0.0952. The van der Waals surface area contributed by atoms with Gasteiger partial charge in [0.2, 0.25) is 0 Å². The number of hydrogen-bond acceptors (Lipinski definition) is 4. The molecule has 18 heavy (non-hydrogen) atoms. The molecule has 0 spiro atoms. The lowest BCUT2D eigenvalue weighted by Gasteiger charge is -2.22. The van der Waals surface area contributed by atoms with Crippen molar-refractivity contribution in [1.82, 2.24) is 4.90 Å². The molecule has 0 bridgehead atoms. The third kappa shape index (κ3) is 4.01. The summed E-state index contributed by atoms with van der Waals surface area (Å²) in [5, 5.41) is 0. The normalized spacial score (nSPS) is 10.3. The average molecular weight is 252 g/mol. The Morgan fingerprint density at radius 2 is 1.72 bits per heavy atom. The van der Waals surface area contributed by atoms with Crippen LogP contribution in [0.3, 0.4) is 0 Å². The first-order chi connectivity index (χ1) is 8.70. The number of nitrogen functional groups attached to an aromatic ring is 1. The molecular formula is C13H20N2O3. The van der Waals surface area contributed by atoms with Crippen LogP contribution in [-0.2, 0) is 9.47 Å². The van der Waals surface area contributed by atoms with Gasteiger partial charge in [-0.3, -0.25) is 4.79 Å². The van der Waals surface area contributed by atoms with E-state index in [0.717, 1.165) is 0 Å². The first kappa shape index (κ1) is 14.5. The zero-order valence-electron chi connectivity index (χ0n) is 10.9. The quantitative estimate of drug-likeness (QED) is 0.735. The summed E-state index contributed by atoms with van der Waals surface area (Å²) in [7, 11) is 3.21. The van der Waals surface area contributed by atoms with E-state index < -0.39 is 0 Å². The van der Waals surface area contributed by atoms with Crippen LogP contribution in [0.15, 0.2) is 24.3 Å². The standard InChI is InChI=1S/C13H20N2O3/c1-17-9-7-15(8-10-18-2)13(16)11-5-3-4-6-12(11)14/h3-6H,7-10,14H2,1-2H3. The zero-order chi connectivity index (χ0) is 13.4. The van der Waals surface area contributed by atoms with E-state index >= 15 is 0 Å². The van der Waals surface area contributed by atoms with E-state index in [1.807, 2.05) is 0 Å². The third-order valence-corrected chi connectivity index (χ3v) is 2.61. The van der Waals surface area contributed by atoms with Crippen LogP contribution in [-0.4, -0.2) is 51.3 Å². The first-order valence-electron chi connectivity index (χ1n) is 5.82. The van der Waals surface area contributed by atoms with Crippen LogP contribution in [0.4, 0.5) is 5.69 Å². The molecule has 0 unspecified atom stereocenters. The second-order valence-electron chi connectivity index (χ2n) is 3.87. The SMILES string of the molecule is COCCN(CCOC)C(=O)c1ccccc1N. The average Bonchev–Trinajstić information content (AvgIpc) is 2.39. The Hall–Kier alpha value is -1.59. The lowest BCUT2D eigenvalue weighted by atomic mass is 10.1. The number of nitrogens with zero attached hydrogens (tertiary/aromatic N) is 1. The van der Waals surface area contributed by atoms with Crippen LogP contribution in [0, 0.1) is 0 Å². The molecular weight excluding hydrogens is 232 g/mol. The van der Waals surface area contributed by atoms with E-state index in [4.69, 9.17) is 15.2 Å². The molecule has 0 saturated carbocycles. The van der Waals surface area contributed by atoms with Crippen molar-refractivity contribution in [1.29, 1.82) is 0 Å². The summed E-state index contributed by atoms with van der Waals surface area (Å²) in [6, 6.07) is 7.05. The molecule has 1 aromatic carbocycles. The number of rotatable bonds is 7. The summed E-state index contributed by atoms with van der Waals surface area (Å²) in [6.45, 7) is 2.02. The van der Waals surface area contributed by atoms with E-state index in [0.29, 0.717) is 37.6 Å². The lowest BCUT2D eigenvalue weighted by Crippen LogP contribution is -2.36. The van der Waals surface area contributed by atoms with Crippen LogP contribution in [0.25, 0.3) is 0 Å². The molecule has 100 valence electrons. The molecule has 1 amide bonds. The maximum atomic E-state index is 12.3. The monoisotopic (exact) mass is 252 g/mol. The second-order valence-corrected chi connectivity index (χ2v) is 3.87. The Morgan fingerprint density at radius 1 is 1.17 bits per heavy atom. The van der Waals surface area contributed by atoms with Gasteiger partial charge in [-0.2, -0.15) is 0 Å². The lowest BCUT2D eigenvalue weighted by molar-refractivity contribution is 0.0628. The van der Waals surface area contributed by atoms with E-state index in [1.165, 1.54) is 0 Å². The summed E-state index contributed by atoms with van der Waals surface area (Å²) < 4.78 is 10.0. The highest BCUT2D eigenvalue weighted by atomic mass is 16.5. The summed E-state index contributed by atoms with van der Waals surface area (Å²) in [4.78, 5) is 14.0. The van der Waals surface area contributed by atoms with Gasteiger partial charge in [0.05, 0.1) is 18.8 Å². The van der Waals surface area contributed by atoms with Crippen molar-refractivity contribution < 1.29 is 14.3 Å². The number of carbonyl (C=O) groups is 1. The third-order valence-electron chi connectivity index (χ3n) is 2.61. The second kappa shape index (κ2) is 7.68. The fourth-order valence-electron chi connectivity index (χ4n) is 1.58. The molecule has 2 N–H and O–H groups in total. The predicted octanol–water partition coefficient (Wildman–Crippen LogP) is 1.00. The number of para-hydroxylation sites is 1. The Bertz CT molecular complexity index is 374.